The smallest absolute Gasteiger partial charge is 0.304 e. The van der Waals surface area contributed by atoms with Gasteiger partial charge in [-0.2, -0.15) is 15.0 Å². The minimum Gasteiger partial charge on any atom is -0.424 e. The fraction of sp³-hybridized carbons (Fsp3) is 0.375. The topological polar surface area (TPSA) is 78.2 Å². The number of rotatable bonds is 4. The Balaban J connectivity index is 1.82. The maximum Gasteiger partial charge on any atom is 0.304 e. The molecule has 0 N–H and O–H groups in total. The lowest BCUT2D eigenvalue weighted by Gasteiger charge is -2.27. The van der Waals surface area contributed by atoms with Gasteiger partial charge >= 0.3 is 6.01 Å². The molecule has 4 rings (SSSR count). The fourth-order valence-corrected chi connectivity index (χ4v) is 2.97. The van der Waals surface area contributed by atoms with Crippen molar-refractivity contribution in [2.45, 2.75) is 13.5 Å². The van der Waals surface area contributed by atoms with Crippen LogP contribution < -0.4 is 9.64 Å². The van der Waals surface area contributed by atoms with Crippen molar-refractivity contribution < 1.29 is 9.47 Å². The summed E-state index contributed by atoms with van der Waals surface area (Å²) < 4.78 is 13.2. The first-order chi connectivity index (χ1) is 12.3. The van der Waals surface area contributed by atoms with Gasteiger partial charge in [0.1, 0.15) is 5.75 Å². The third-order valence-corrected chi connectivity index (χ3v) is 4.15. The molecule has 25 heavy (non-hydrogen) atoms. The summed E-state index contributed by atoms with van der Waals surface area (Å²) in [5.74, 6) is 1.32. The Morgan fingerprint density at radius 2 is 2.08 bits per heavy atom. The SMILES string of the molecule is CCn1c(Oc2cccnc2)nc2c(N3CCOCC3)nc(Cl)nc21. The maximum atomic E-state index is 6.17. The summed E-state index contributed by atoms with van der Waals surface area (Å²) in [6.07, 6.45) is 3.33. The third-order valence-electron chi connectivity index (χ3n) is 3.98. The molecule has 9 heteroatoms. The highest BCUT2D eigenvalue weighted by Crippen LogP contribution is 2.31. The quantitative estimate of drug-likeness (QED) is 0.661. The van der Waals surface area contributed by atoms with Crippen molar-refractivity contribution in [3.63, 3.8) is 0 Å². The average molecular weight is 361 g/mol. The summed E-state index contributed by atoms with van der Waals surface area (Å²) in [4.78, 5) is 19.6. The van der Waals surface area contributed by atoms with Crippen LogP contribution in [0.4, 0.5) is 5.82 Å². The Labute approximate surface area is 149 Å². The van der Waals surface area contributed by atoms with Gasteiger partial charge in [-0.3, -0.25) is 9.55 Å². The van der Waals surface area contributed by atoms with E-state index in [-0.39, 0.29) is 5.28 Å². The van der Waals surface area contributed by atoms with Gasteiger partial charge in [0.25, 0.3) is 0 Å². The molecule has 8 nitrogen and oxygen atoms in total. The monoisotopic (exact) mass is 360 g/mol. The number of fused-ring (bicyclic) bond motifs is 1. The molecule has 1 fully saturated rings. The summed E-state index contributed by atoms with van der Waals surface area (Å²) >= 11 is 6.17. The zero-order valence-corrected chi connectivity index (χ0v) is 14.5. The molecule has 1 aliphatic rings. The average Bonchev–Trinajstić information content (AvgIpc) is 2.99. The molecule has 4 heterocycles. The van der Waals surface area contributed by atoms with Crippen LogP contribution in [0.2, 0.25) is 5.28 Å². The van der Waals surface area contributed by atoms with Gasteiger partial charge in [-0.15, -0.1) is 0 Å². The van der Waals surface area contributed by atoms with Crippen LogP contribution in [0.15, 0.2) is 24.5 Å². The molecule has 130 valence electrons. The van der Waals surface area contributed by atoms with E-state index in [1.54, 1.807) is 12.4 Å². The largest absolute Gasteiger partial charge is 0.424 e. The predicted octanol–water partition coefficient (Wildman–Crippen LogP) is 2.52. The lowest BCUT2D eigenvalue weighted by Crippen LogP contribution is -2.37. The zero-order chi connectivity index (χ0) is 17.2. The van der Waals surface area contributed by atoms with E-state index in [1.807, 2.05) is 23.6 Å². The van der Waals surface area contributed by atoms with Crippen LogP contribution in [0.25, 0.3) is 11.2 Å². The number of halogens is 1. The molecule has 0 bridgehead atoms. The first kappa shape index (κ1) is 16.0. The Hall–Kier alpha value is -2.45. The number of nitrogens with zero attached hydrogens (tertiary/aromatic N) is 6. The summed E-state index contributed by atoms with van der Waals surface area (Å²) in [6.45, 7) is 5.41. The highest BCUT2D eigenvalue weighted by atomic mass is 35.5. The number of anilines is 1. The minimum absolute atomic E-state index is 0.191. The number of ether oxygens (including phenoxy) is 2. The Kier molecular flexibility index (Phi) is 4.37. The summed E-state index contributed by atoms with van der Waals surface area (Å²) in [6, 6.07) is 4.08. The van der Waals surface area contributed by atoms with Crippen LogP contribution in [0.1, 0.15) is 6.92 Å². The van der Waals surface area contributed by atoms with Gasteiger partial charge in [-0.25, -0.2) is 0 Å². The second kappa shape index (κ2) is 6.81. The van der Waals surface area contributed by atoms with Crippen molar-refractivity contribution in [1.29, 1.82) is 0 Å². The van der Waals surface area contributed by atoms with Gasteiger partial charge in [0.05, 0.1) is 19.4 Å². The van der Waals surface area contributed by atoms with E-state index in [4.69, 9.17) is 21.1 Å². The number of aromatic nitrogens is 5. The van der Waals surface area contributed by atoms with Crippen LogP contribution >= 0.6 is 11.6 Å². The van der Waals surface area contributed by atoms with Gasteiger partial charge < -0.3 is 14.4 Å². The molecule has 0 aromatic carbocycles. The van der Waals surface area contributed by atoms with Crippen molar-refractivity contribution in [3.05, 3.63) is 29.8 Å². The molecule has 0 aliphatic carbocycles. The molecular formula is C16H17ClN6O2. The van der Waals surface area contributed by atoms with Crippen molar-refractivity contribution in [1.82, 2.24) is 24.5 Å². The second-order valence-electron chi connectivity index (χ2n) is 5.52. The van der Waals surface area contributed by atoms with E-state index in [0.717, 1.165) is 13.1 Å². The van der Waals surface area contributed by atoms with E-state index in [2.05, 4.69) is 24.8 Å². The van der Waals surface area contributed by atoms with Crippen molar-refractivity contribution in [2.75, 3.05) is 31.2 Å². The van der Waals surface area contributed by atoms with Gasteiger partial charge in [-0.1, -0.05) is 0 Å². The Bertz CT molecular complexity index is 879. The summed E-state index contributed by atoms with van der Waals surface area (Å²) in [7, 11) is 0. The van der Waals surface area contributed by atoms with Gasteiger partial charge in [0, 0.05) is 25.8 Å². The van der Waals surface area contributed by atoms with E-state index < -0.39 is 0 Å². The number of hydrogen-bond donors (Lipinski definition) is 0. The molecule has 1 aliphatic heterocycles. The molecule has 0 amide bonds. The lowest BCUT2D eigenvalue weighted by atomic mass is 10.4. The van der Waals surface area contributed by atoms with Crippen LogP contribution in [0.3, 0.4) is 0 Å². The van der Waals surface area contributed by atoms with E-state index in [1.165, 1.54) is 0 Å². The van der Waals surface area contributed by atoms with Gasteiger partial charge in [0.15, 0.2) is 17.0 Å². The van der Waals surface area contributed by atoms with Crippen molar-refractivity contribution in [3.8, 4) is 11.8 Å². The molecule has 0 unspecified atom stereocenters. The Morgan fingerprint density at radius 1 is 1.24 bits per heavy atom. The molecule has 3 aromatic rings. The highest BCUT2D eigenvalue weighted by molar-refractivity contribution is 6.28. The van der Waals surface area contributed by atoms with E-state index >= 15 is 0 Å². The third kappa shape index (κ3) is 3.10. The predicted molar refractivity (Wildman–Crippen MR) is 93.4 cm³/mol. The number of morpholine rings is 1. The first-order valence-corrected chi connectivity index (χ1v) is 8.48. The number of aryl methyl sites for hydroxylation is 1. The first-order valence-electron chi connectivity index (χ1n) is 8.10. The lowest BCUT2D eigenvalue weighted by molar-refractivity contribution is 0.122. The van der Waals surface area contributed by atoms with E-state index in [0.29, 0.717) is 48.5 Å². The Morgan fingerprint density at radius 3 is 2.80 bits per heavy atom. The van der Waals surface area contributed by atoms with Crippen LogP contribution in [0, 0.1) is 0 Å². The minimum atomic E-state index is 0.191. The maximum absolute atomic E-state index is 6.17. The molecule has 0 atom stereocenters. The molecular weight excluding hydrogens is 344 g/mol. The van der Waals surface area contributed by atoms with Gasteiger partial charge in [0.2, 0.25) is 5.28 Å². The zero-order valence-electron chi connectivity index (χ0n) is 13.7. The van der Waals surface area contributed by atoms with Crippen LogP contribution in [-0.4, -0.2) is 50.8 Å². The normalized spacial score (nSPS) is 14.9. The standard InChI is InChI=1S/C16H17ClN6O2/c1-2-23-14-12(19-16(23)25-11-4-3-5-18-10-11)13(20-15(17)21-14)22-6-8-24-9-7-22/h3-5,10H,2,6-9H2,1H3. The van der Waals surface area contributed by atoms with E-state index in [9.17, 15) is 0 Å². The summed E-state index contributed by atoms with van der Waals surface area (Å²) in [5, 5.41) is 0.191. The number of pyridine rings is 1. The van der Waals surface area contributed by atoms with Crippen molar-refractivity contribution in [2.24, 2.45) is 0 Å². The second-order valence-corrected chi connectivity index (χ2v) is 5.86. The fourth-order valence-electron chi connectivity index (χ4n) is 2.81. The molecule has 0 radical (unpaired) electrons. The van der Waals surface area contributed by atoms with Crippen LogP contribution in [0.5, 0.6) is 11.8 Å². The molecule has 0 spiro atoms. The van der Waals surface area contributed by atoms with Crippen molar-refractivity contribution >= 4 is 28.6 Å². The number of hydrogen-bond acceptors (Lipinski definition) is 7. The molecule has 3 aromatic heterocycles. The number of imidazole rings is 1. The molecule has 0 saturated carbocycles. The van der Waals surface area contributed by atoms with Gasteiger partial charge in [-0.05, 0) is 30.7 Å². The highest BCUT2D eigenvalue weighted by Gasteiger charge is 2.23. The van der Waals surface area contributed by atoms with Crippen LogP contribution in [-0.2, 0) is 11.3 Å². The summed E-state index contributed by atoms with van der Waals surface area (Å²) in [5.41, 5.74) is 1.33. The molecule has 1 saturated heterocycles.